The molecule has 1 fully saturated rings. The number of ether oxygens (including phenoxy) is 2. The van der Waals surface area contributed by atoms with Crippen molar-refractivity contribution >= 4 is 11.9 Å². The molecule has 2 aromatic rings. The summed E-state index contributed by atoms with van der Waals surface area (Å²) in [5, 5.41) is 0. The Kier molecular flexibility index (Phi) is 6.01. The van der Waals surface area contributed by atoms with Crippen LogP contribution in [0.5, 0.6) is 5.75 Å². The normalized spacial score (nSPS) is 19.6. The molecule has 0 bridgehead atoms. The topological polar surface area (TPSA) is 60.8 Å². The van der Waals surface area contributed by atoms with Gasteiger partial charge in [-0.3, -0.25) is 14.3 Å². The van der Waals surface area contributed by atoms with E-state index in [1.54, 1.807) is 0 Å². The largest absolute Gasteiger partial charge is 0.423 e. The van der Waals surface area contributed by atoms with Crippen molar-refractivity contribution in [1.29, 1.82) is 0 Å². The molecule has 1 aromatic carbocycles. The Bertz CT molecular complexity index is 945. The van der Waals surface area contributed by atoms with Gasteiger partial charge in [-0.2, -0.15) is 0 Å². The number of Topliss-reactive ketones (excluding diaryl/α,β-unsaturated/α-hetero) is 1. The van der Waals surface area contributed by atoms with Gasteiger partial charge in [0.05, 0.1) is 13.2 Å². The second kappa shape index (κ2) is 8.70. The maximum atomic E-state index is 13.4. The van der Waals surface area contributed by atoms with E-state index in [9.17, 15) is 14.0 Å². The molecule has 7 heteroatoms. The summed E-state index contributed by atoms with van der Waals surface area (Å²) in [6, 6.07) is 5.33. The van der Waals surface area contributed by atoms with Crippen LogP contribution in [0.15, 0.2) is 24.3 Å². The first-order valence-electron chi connectivity index (χ1n) is 10.5. The van der Waals surface area contributed by atoms with Crippen LogP contribution in [0.2, 0.25) is 0 Å². The summed E-state index contributed by atoms with van der Waals surface area (Å²) in [7, 11) is 0. The standard InChI is InChI=1S/C23H27FN2O4/c1-3-19-15(2)26(23(28)30-18-7-5-17(24)6-8-18)20-9-4-16(22(27)21(19)20)14-25-10-12-29-13-11-25/h5-8,16H,3-4,9-14H2,1-2H3. The first-order chi connectivity index (χ1) is 14.5. The Labute approximate surface area is 175 Å². The molecule has 1 atom stereocenters. The first kappa shape index (κ1) is 20.8. The van der Waals surface area contributed by atoms with Crippen LogP contribution >= 0.6 is 0 Å². The predicted molar refractivity (Wildman–Crippen MR) is 110 cm³/mol. The molecular formula is C23H27FN2O4. The highest BCUT2D eigenvalue weighted by Gasteiger charge is 2.36. The summed E-state index contributed by atoms with van der Waals surface area (Å²) in [6.07, 6.45) is 1.46. The molecule has 1 aliphatic carbocycles. The Morgan fingerprint density at radius 2 is 1.93 bits per heavy atom. The average Bonchev–Trinajstić information content (AvgIpc) is 3.04. The average molecular weight is 414 g/mol. The summed E-state index contributed by atoms with van der Waals surface area (Å²) in [6.45, 7) is 7.69. The predicted octanol–water partition coefficient (Wildman–Crippen LogP) is 3.62. The molecule has 0 radical (unpaired) electrons. The van der Waals surface area contributed by atoms with Gasteiger partial charge in [0.1, 0.15) is 11.6 Å². The number of hydrogen-bond donors (Lipinski definition) is 0. The number of aromatic nitrogens is 1. The van der Waals surface area contributed by atoms with Crippen molar-refractivity contribution < 1.29 is 23.5 Å². The molecule has 2 aliphatic rings. The molecule has 1 aromatic heterocycles. The number of halogens is 1. The fourth-order valence-corrected chi connectivity index (χ4v) is 4.58. The number of morpholine rings is 1. The number of rotatable bonds is 4. The van der Waals surface area contributed by atoms with Crippen molar-refractivity contribution in [3.05, 3.63) is 52.6 Å². The molecule has 0 spiro atoms. The maximum Gasteiger partial charge on any atom is 0.423 e. The first-order valence-corrected chi connectivity index (χ1v) is 10.5. The highest BCUT2D eigenvalue weighted by Crippen LogP contribution is 2.34. The zero-order chi connectivity index (χ0) is 21.3. The van der Waals surface area contributed by atoms with Gasteiger partial charge in [-0.05, 0) is 56.0 Å². The number of benzene rings is 1. The third-order valence-electron chi connectivity index (χ3n) is 6.12. The van der Waals surface area contributed by atoms with E-state index in [4.69, 9.17) is 9.47 Å². The number of carbonyl (C=O) groups excluding carboxylic acids is 2. The summed E-state index contributed by atoms with van der Waals surface area (Å²) in [5.41, 5.74) is 3.09. The van der Waals surface area contributed by atoms with Crippen molar-refractivity contribution in [2.24, 2.45) is 5.92 Å². The zero-order valence-electron chi connectivity index (χ0n) is 17.4. The van der Waals surface area contributed by atoms with E-state index in [2.05, 4.69) is 4.90 Å². The fraction of sp³-hybridized carbons (Fsp3) is 0.478. The summed E-state index contributed by atoms with van der Waals surface area (Å²) in [4.78, 5) is 28.6. The zero-order valence-corrected chi connectivity index (χ0v) is 17.4. The van der Waals surface area contributed by atoms with Gasteiger partial charge in [0.25, 0.3) is 0 Å². The second-order valence-electron chi connectivity index (χ2n) is 7.91. The number of fused-ring (bicyclic) bond motifs is 1. The van der Waals surface area contributed by atoms with Crippen molar-refractivity contribution in [1.82, 2.24) is 9.47 Å². The SMILES string of the molecule is CCc1c2c(n(C(=O)Oc3ccc(F)cc3)c1C)CCC(CN1CCOCC1)C2=O. The summed E-state index contributed by atoms with van der Waals surface area (Å²) in [5.74, 6) is -0.0663. The summed E-state index contributed by atoms with van der Waals surface area (Å²) < 4.78 is 25.5. The molecule has 1 saturated heterocycles. The van der Waals surface area contributed by atoms with E-state index < -0.39 is 11.9 Å². The minimum atomic E-state index is -0.561. The lowest BCUT2D eigenvalue weighted by Gasteiger charge is -2.31. The van der Waals surface area contributed by atoms with Gasteiger partial charge < -0.3 is 9.47 Å². The van der Waals surface area contributed by atoms with Crippen LogP contribution in [-0.2, 0) is 17.6 Å². The molecule has 30 heavy (non-hydrogen) atoms. The quantitative estimate of drug-likeness (QED) is 0.765. The minimum Gasteiger partial charge on any atom is -0.410 e. The third kappa shape index (κ3) is 3.91. The second-order valence-corrected chi connectivity index (χ2v) is 7.91. The number of hydrogen-bond acceptors (Lipinski definition) is 5. The van der Waals surface area contributed by atoms with Crippen LogP contribution in [0.3, 0.4) is 0 Å². The Morgan fingerprint density at radius 3 is 2.60 bits per heavy atom. The van der Waals surface area contributed by atoms with E-state index in [-0.39, 0.29) is 17.5 Å². The van der Waals surface area contributed by atoms with Crippen molar-refractivity contribution in [3.8, 4) is 5.75 Å². The monoisotopic (exact) mass is 414 g/mol. The molecular weight excluding hydrogens is 387 g/mol. The van der Waals surface area contributed by atoms with Crippen LogP contribution in [0.4, 0.5) is 9.18 Å². The van der Waals surface area contributed by atoms with Gasteiger partial charge >= 0.3 is 6.09 Å². The van der Waals surface area contributed by atoms with E-state index in [0.717, 1.165) is 36.6 Å². The molecule has 0 saturated carbocycles. The van der Waals surface area contributed by atoms with E-state index in [1.165, 1.54) is 28.8 Å². The molecule has 1 unspecified atom stereocenters. The smallest absolute Gasteiger partial charge is 0.410 e. The van der Waals surface area contributed by atoms with Crippen LogP contribution in [0.25, 0.3) is 0 Å². The van der Waals surface area contributed by atoms with Crippen LogP contribution in [-0.4, -0.2) is 54.2 Å². The van der Waals surface area contributed by atoms with Crippen molar-refractivity contribution in [2.75, 3.05) is 32.8 Å². The van der Waals surface area contributed by atoms with Crippen molar-refractivity contribution in [2.45, 2.75) is 33.1 Å². The van der Waals surface area contributed by atoms with Crippen LogP contribution in [0, 0.1) is 18.7 Å². The lowest BCUT2D eigenvalue weighted by molar-refractivity contribution is 0.0291. The molecule has 160 valence electrons. The molecule has 2 heterocycles. The lowest BCUT2D eigenvalue weighted by Crippen LogP contribution is -2.42. The molecule has 0 amide bonds. The lowest BCUT2D eigenvalue weighted by atomic mass is 9.83. The number of ketones is 1. The van der Waals surface area contributed by atoms with E-state index in [1.807, 2.05) is 13.8 Å². The van der Waals surface area contributed by atoms with E-state index >= 15 is 0 Å². The Balaban J connectivity index is 1.60. The van der Waals surface area contributed by atoms with Gasteiger partial charge in [0, 0.05) is 42.5 Å². The minimum absolute atomic E-state index is 0.0655. The molecule has 1 aliphatic heterocycles. The van der Waals surface area contributed by atoms with Gasteiger partial charge in [-0.15, -0.1) is 0 Å². The van der Waals surface area contributed by atoms with Crippen LogP contribution < -0.4 is 4.74 Å². The molecule has 0 N–H and O–H groups in total. The summed E-state index contributed by atoms with van der Waals surface area (Å²) >= 11 is 0. The molecule has 4 rings (SSSR count). The van der Waals surface area contributed by atoms with Gasteiger partial charge in [0.15, 0.2) is 5.78 Å². The van der Waals surface area contributed by atoms with Gasteiger partial charge in [0.2, 0.25) is 0 Å². The molecule has 6 nitrogen and oxygen atoms in total. The Morgan fingerprint density at radius 1 is 1.23 bits per heavy atom. The maximum absolute atomic E-state index is 13.4. The van der Waals surface area contributed by atoms with Crippen molar-refractivity contribution in [3.63, 3.8) is 0 Å². The fourth-order valence-electron chi connectivity index (χ4n) is 4.58. The Hall–Kier alpha value is -2.51. The number of nitrogens with zero attached hydrogens (tertiary/aromatic N) is 2. The van der Waals surface area contributed by atoms with Crippen LogP contribution in [0.1, 0.15) is 40.7 Å². The third-order valence-corrected chi connectivity index (χ3v) is 6.12. The van der Waals surface area contributed by atoms with Gasteiger partial charge in [-0.1, -0.05) is 6.92 Å². The number of carbonyl (C=O) groups is 2. The highest BCUT2D eigenvalue weighted by molar-refractivity contribution is 6.03. The van der Waals surface area contributed by atoms with E-state index in [0.29, 0.717) is 38.0 Å². The highest BCUT2D eigenvalue weighted by atomic mass is 19.1. The van der Waals surface area contributed by atoms with Gasteiger partial charge in [-0.25, -0.2) is 9.18 Å².